The first-order valence-electron chi connectivity index (χ1n) is 7.00. The molecule has 1 aliphatic rings. The number of nitrogens with zero attached hydrogens (tertiary/aromatic N) is 1. The molecule has 1 aliphatic heterocycles. The summed E-state index contributed by atoms with van der Waals surface area (Å²) < 4.78 is 0. The zero-order valence-corrected chi connectivity index (χ0v) is 12.0. The molecular weight excluding hydrogens is 238 g/mol. The molecule has 1 amide bonds. The van der Waals surface area contributed by atoms with Crippen molar-refractivity contribution in [2.24, 2.45) is 5.92 Å². The second-order valence-corrected chi connectivity index (χ2v) is 5.97. The lowest BCUT2D eigenvalue weighted by Crippen LogP contribution is -2.62. The Bertz CT molecular complexity index is 433. The molecule has 0 spiro atoms. The van der Waals surface area contributed by atoms with E-state index in [4.69, 9.17) is 0 Å². The Morgan fingerprint density at radius 2 is 1.95 bits per heavy atom. The van der Waals surface area contributed by atoms with E-state index in [-0.39, 0.29) is 11.8 Å². The van der Waals surface area contributed by atoms with Crippen LogP contribution in [0.1, 0.15) is 38.7 Å². The number of rotatable bonds is 4. The van der Waals surface area contributed by atoms with Crippen molar-refractivity contribution in [1.29, 1.82) is 0 Å². The normalized spacial score (nSPS) is 20.5. The molecule has 3 nitrogen and oxygen atoms in total. The van der Waals surface area contributed by atoms with Crippen molar-refractivity contribution in [2.75, 3.05) is 13.1 Å². The number of aliphatic hydroxyl groups is 1. The maximum atomic E-state index is 12.6. The molecule has 104 valence electrons. The van der Waals surface area contributed by atoms with Crippen LogP contribution in [0.15, 0.2) is 30.3 Å². The standard InChI is InChI=1S/C16H23NO2/c1-4-12(2)14(13-8-6-5-7-9-13)15(18)17-10-16(3,19)11-17/h5-9,12,14,19H,4,10-11H2,1-3H3. The summed E-state index contributed by atoms with van der Waals surface area (Å²) in [7, 11) is 0. The van der Waals surface area contributed by atoms with Gasteiger partial charge in [0, 0.05) is 0 Å². The Morgan fingerprint density at radius 3 is 2.42 bits per heavy atom. The molecule has 1 aromatic carbocycles. The zero-order chi connectivity index (χ0) is 14.0. The predicted molar refractivity (Wildman–Crippen MR) is 75.8 cm³/mol. The van der Waals surface area contributed by atoms with Crippen molar-refractivity contribution in [1.82, 2.24) is 4.90 Å². The van der Waals surface area contributed by atoms with Gasteiger partial charge in [0.1, 0.15) is 0 Å². The minimum Gasteiger partial charge on any atom is -0.386 e. The van der Waals surface area contributed by atoms with Crippen LogP contribution in [0.2, 0.25) is 0 Å². The van der Waals surface area contributed by atoms with E-state index in [1.807, 2.05) is 30.3 Å². The molecule has 1 fully saturated rings. The lowest BCUT2D eigenvalue weighted by molar-refractivity contribution is -0.155. The average Bonchev–Trinajstić information content (AvgIpc) is 2.37. The summed E-state index contributed by atoms with van der Waals surface area (Å²) in [6.07, 6.45) is 0.968. The van der Waals surface area contributed by atoms with E-state index in [0.717, 1.165) is 12.0 Å². The molecule has 19 heavy (non-hydrogen) atoms. The molecule has 1 N–H and O–H groups in total. The molecule has 0 radical (unpaired) electrons. The summed E-state index contributed by atoms with van der Waals surface area (Å²) in [4.78, 5) is 14.4. The lowest BCUT2D eigenvalue weighted by Gasteiger charge is -2.46. The summed E-state index contributed by atoms with van der Waals surface area (Å²) in [5.74, 6) is 0.356. The van der Waals surface area contributed by atoms with Gasteiger partial charge in [0.25, 0.3) is 0 Å². The predicted octanol–water partition coefficient (Wildman–Crippen LogP) is 2.41. The Balaban J connectivity index is 2.17. The van der Waals surface area contributed by atoms with Gasteiger partial charge in [0.15, 0.2) is 0 Å². The first-order valence-corrected chi connectivity index (χ1v) is 7.00. The summed E-state index contributed by atoms with van der Waals surface area (Å²) in [6.45, 7) is 6.91. The van der Waals surface area contributed by atoms with Crippen molar-refractivity contribution < 1.29 is 9.90 Å². The quantitative estimate of drug-likeness (QED) is 0.904. The maximum Gasteiger partial charge on any atom is 0.230 e. The third-order valence-corrected chi connectivity index (χ3v) is 4.01. The SMILES string of the molecule is CCC(C)C(C(=O)N1CC(C)(O)C1)c1ccccc1. The molecular formula is C16H23NO2. The summed E-state index contributed by atoms with van der Waals surface area (Å²) >= 11 is 0. The summed E-state index contributed by atoms with van der Waals surface area (Å²) in [5.41, 5.74) is 0.375. The van der Waals surface area contributed by atoms with Crippen LogP contribution in [-0.2, 0) is 4.79 Å². The van der Waals surface area contributed by atoms with Gasteiger partial charge in [-0.1, -0.05) is 50.6 Å². The first kappa shape index (κ1) is 14.1. The zero-order valence-electron chi connectivity index (χ0n) is 12.0. The van der Waals surface area contributed by atoms with Crippen LogP contribution in [0.5, 0.6) is 0 Å². The number of amides is 1. The van der Waals surface area contributed by atoms with E-state index in [2.05, 4.69) is 13.8 Å². The molecule has 3 heteroatoms. The fourth-order valence-corrected chi connectivity index (χ4v) is 2.74. The van der Waals surface area contributed by atoms with E-state index in [1.165, 1.54) is 0 Å². The van der Waals surface area contributed by atoms with Crippen molar-refractivity contribution in [3.8, 4) is 0 Å². The molecule has 0 bridgehead atoms. The van der Waals surface area contributed by atoms with Gasteiger partial charge in [-0.3, -0.25) is 4.79 Å². The Morgan fingerprint density at radius 1 is 1.37 bits per heavy atom. The molecule has 2 rings (SSSR count). The van der Waals surface area contributed by atoms with Gasteiger partial charge in [-0.15, -0.1) is 0 Å². The fraction of sp³-hybridized carbons (Fsp3) is 0.562. The van der Waals surface area contributed by atoms with Crippen molar-refractivity contribution >= 4 is 5.91 Å². The molecule has 1 saturated heterocycles. The number of benzene rings is 1. The monoisotopic (exact) mass is 261 g/mol. The van der Waals surface area contributed by atoms with Crippen LogP contribution in [0.25, 0.3) is 0 Å². The van der Waals surface area contributed by atoms with E-state index in [1.54, 1.807) is 11.8 Å². The lowest BCUT2D eigenvalue weighted by atomic mass is 9.82. The van der Waals surface area contributed by atoms with Gasteiger partial charge in [-0.25, -0.2) is 0 Å². The number of β-amino-alcohol motifs (C(OH)–C–C–N with tert-alkyl or cyclic N) is 1. The van der Waals surface area contributed by atoms with E-state index < -0.39 is 5.60 Å². The largest absolute Gasteiger partial charge is 0.386 e. The highest BCUT2D eigenvalue weighted by molar-refractivity contribution is 5.85. The molecule has 1 heterocycles. The summed E-state index contributed by atoms with van der Waals surface area (Å²) in [6, 6.07) is 9.96. The third kappa shape index (κ3) is 2.98. The fourth-order valence-electron chi connectivity index (χ4n) is 2.74. The third-order valence-electron chi connectivity index (χ3n) is 4.01. The van der Waals surface area contributed by atoms with Gasteiger partial charge in [0.05, 0.1) is 24.6 Å². The van der Waals surface area contributed by atoms with Crippen LogP contribution < -0.4 is 0 Å². The Labute approximate surface area is 115 Å². The van der Waals surface area contributed by atoms with Crippen LogP contribution in [0.3, 0.4) is 0 Å². The molecule has 0 aromatic heterocycles. The highest BCUT2D eigenvalue weighted by Gasteiger charge is 2.42. The van der Waals surface area contributed by atoms with Gasteiger partial charge < -0.3 is 10.0 Å². The van der Waals surface area contributed by atoms with Crippen LogP contribution in [-0.4, -0.2) is 34.6 Å². The Kier molecular flexibility index (Phi) is 3.95. The van der Waals surface area contributed by atoms with Gasteiger partial charge in [-0.2, -0.15) is 0 Å². The van der Waals surface area contributed by atoms with E-state index in [0.29, 0.717) is 19.0 Å². The van der Waals surface area contributed by atoms with Crippen LogP contribution in [0.4, 0.5) is 0 Å². The molecule has 1 aromatic rings. The van der Waals surface area contributed by atoms with Crippen LogP contribution >= 0.6 is 0 Å². The smallest absolute Gasteiger partial charge is 0.230 e. The van der Waals surface area contributed by atoms with Gasteiger partial charge in [-0.05, 0) is 18.4 Å². The maximum absolute atomic E-state index is 12.6. The molecule has 0 aliphatic carbocycles. The van der Waals surface area contributed by atoms with E-state index >= 15 is 0 Å². The van der Waals surface area contributed by atoms with Gasteiger partial charge >= 0.3 is 0 Å². The molecule has 0 saturated carbocycles. The number of hydrogen-bond acceptors (Lipinski definition) is 2. The topological polar surface area (TPSA) is 40.5 Å². The second-order valence-electron chi connectivity index (χ2n) is 5.97. The van der Waals surface area contributed by atoms with Crippen molar-refractivity contribution in [3.05, 3.63) is 35.9 Å². The summed E-state index contributed by atoms with van der Waals surface area (Å²) in [5, 5.41) is 9.79. The number of hydrogen-bond donors (Lipinski definition) is 1. The van der Waals surface area contributed by atoms with E-state index in [9.17, 15) is 9.90 Å². The van der Waals surface area contributed by atoms with Gasteiger partial charge in [0.2, 0.25) is 5.91 Å². The Hall–Kier alpha value is -1.35. The first-order chi connectivity index (χ1) is 8.94. The average molecular weight is 261 g/mol. The van der Waals surface area contributed by atoms with Crippen molar-refractivity contribution in [3.63, 3.8) is 0 Å². The highest BCUT2D eigenvalue weighted by atomic mass is 16.3. The number of carbonyl (C=O) groups is 1. The second kappa shape index (κ2) is 5.33. The molecule has 2 unspecified atom stereocenters. The minimum atomic E-state index is -0.702. The van der Waals surface area contributed by atoms with Crippen molar-refractivity contribution in [2.45, 2.75) is 38.7 Å². The van der Waals surface area contributed by atoms with Crippen LogP contribution in [0, 0.1) is 5.92 Å². The number of likely N-dealkylation sites (tertiary alicyclic amines) is 1. The molecule has 2 atom stereocenters. The number of carbonyl (C=O) groups excluding carboxylic acids is 1. The minimum absolute atomic E-state index is 0.0951. The highest BCUT2D eigenvalue weighted by Crippen LogP contribution is 2.32.